The molecule has 1 spiro atoms. The number of H-pyrrole nitrogens is 1. The van der Waals surface area contributed by atoms with Gasteiger partial charge in [0, 0.05) is 30.5 Å². The third-order valence-electron chi connectivity index (χ3n) is 6.22. The number of carbonyl (C=O) groups is 1. The van der Waals surface area contributed by atoms with E-state index in [1.54, 1.807) is 24.0 Å². The quantitative estimate of drug-likeness (QED) is 0.694. The van der Waals surface area contributed by atoms with Gasteiger partial charge in [-0.1, -0.05) is 30.3 Å². The summed E-state index contributed by atoms with van der Waals surface area (Å²) in [7, 11) is 0. The van der Waals surface area contributed by atoms with Gasteiger partial charge in [-0.05, 0) is 43.9 Å². The van der Waals surface area contributed by atoms with Gasteiger partial charge >= 0.3 is 0 Å². The summed E-state index contributed by atoms with van der Waals surface area (Å²) in [5.41, 5.74) is 3.08. The number of aromatic nitrogens is 3. The van der Waals surface area contributed by atoms with E-state index in [9.17, 15) is 9.59 Å². The molecule has 4 heterocycles. The van der Waals surface area contributed by atoms with E-state index in [2.05, 4.69) is 9.97 Å². The molecule has 2 aliphatic rings. The van der Waals surface area contributed by atoms with Gasteiger partial charge in [0.25, 0.3) is 11.5 Å². The van der Waals surface area contributed by atoms with E-state index in [0.717, 1.165) is 28.9 Å². The number of pyridine rings is 1. The van der Waals surface area contributed by atoms with Crippen molar-refractivity contribution in [3.8, 4) is 11.4 Å². The summed E-state index contributed by atoms with van der Waals surface area (Å²) in [6.45, 7) is 3.43. The molecular formula is C24H24N4O3. The minimum absolute atomic E-state index is 0.181. The maximum atomic E-state index is 12.9. The highest BCUT2D eigenvalue weighted by Gasteiger charge is 2.43. The van der Waals surface area contributed by atoms with E-state index in [1.165, 1.54) is 0 Å². The van der Waals surface area contributed by atoms with Crippen molar-refractivity contribution in [3.63, 3.8) is 0 Å². The second kappa shape index (κ2) is 7.74. The number of ether oxygens (including phenoxy) is 1. The van der Waals surface area contributed by atoms with Crippen LogP contribution in [0.1, 0.15) is 40.2 Å². The number of hydrogen-bond donors (Lipinski definition) is 1. The van der Waals surface area contributed by atoms with E-state index in [-0.39, 0.29) is 17.0 Å². The van der Waals surface area contributed by atoms with Crippen LogP contribution in [0.2, 0.25) is 0 Å². The Kier molecular flexibility index (Phi) is 4.90. The van der Waals surface area contributed by atoms with Crippen LogP contribution in [0.3, 0.4) is 0 Å². The van der Waals surface area contributed by atoms with Gasteiger partial charge in [-0.15, -0.1) is 0 Å². The molecule has 0 saturated carbocycles. The Labute approximate surface area is 180 Å². The normalized spacial score (nSPS) is 17.4. The number of fused-ring (bicyclic) bond motifs is 2. The fraction of sp³-hybridized carbons (Fsp3) is 0.333. The van der Waals surface area contributed by atoms with Crippen molar-refractivity contribution in [2.45, 2.75) is 31.8 Å². The number of piperidine rings is 1. The van der Waals surface area contributed by atoms with Crippen molar-refractivity contribution in [2.24, 2.45) is 0 Å². The first-order chi connectivity index (χ1) is 15.1. The first-order valence-electron chi connectivity index (χ1n) is 10.6. The van der Waals surface area contributed by atoms with Gasteiger partial charge in [-0.25, -0.2) is 9.97 Å². The van der Waals surface area contributed by atoms with Crippen LogP contribution in [0.4, 0.5) is 0 Å². The Balaban J connectivity index is 1.41. The average molecular weight is 416 g/mol. The maximum Gasteiger partial charge on any atom is 0.260 e. The molecule has 2 aliphatic heterocycles. The number of aromatic amines is 1. The molecule has 1 fully saturated rings. The summed E-state index contributed by atoms with van der Waals surface area (Å²) >= 11 is 0. The number of nitrogens with one attached hydrogen (secondary N) is 1. The van der Waals surface area contributed by atoms with Crippen LogP contribution in [0.5, 0.6) is 0 Å². The van der Waals surface area contributed by atoms with E-state index in [4.69, 9.17) is 9.72 Å². The summed E-state index contributed by atoms with van der Waals surface area (Å²) in [6, 6.07) is 13.3. The molecule has 0 unspecified atom stereocenters. The monoisotopic (exact) mass is 416 g/mol. The molecule has 1 N–H and O–H groups in total. The molecule has 1 saturated heterocycles. The zero-order valence-corrected chi connectivity index (χ0v) is 17.4. The van der Waals surface area contributed by atoms with Crippen molar-refractivity contribution >= 4 is 5.91 Å². The summed E-state index contributed by atoms with van der Waals surface area (Å²) in [6.07, 6.45) is 3.98. The summed E-state index contributed by atoms with van der Waals surface area (Å²) in [5, 5.41) is 0. The smallest absolute Gasteiger partial charge is 0.260 e. The molecule has 1 amide bonds. The third kappa shape index (κ3) is 3.55. The lowest BCUT2D eigenvalue weighted by molar-refractivity contribution is -0.0967. The molecule has 5 rings (SSSR count). The van der Waals surface area contributed by atoms with E-state index < -0.39 is 5.60 Å². The molecule has 7 nitrogen and oxygen atoms in total. The Hall–Kier alpha value is -3.32. The van der Waals surface area contributed by atoms with Gasteiger partial charge in [0.1, 0.15) is 11.2 Å². The van der Waals surface area contributed by atoms with Crippen molar-refractivity contribution in [2.75, 3.05) is 19.7 Å². The Bertz CT molecular complexity index is 1180. The van der Waals surface area contributed by atoms with Gasteiger partial charge in [0.15, 0.2) is 5.82 Å². The Morgan fingerprint density at radius 1 is 1.13 bits per heavy atom. The number of hydrogen-bond acceptors (Lipinski definition) is 5. The zero-order valence-electron chi connectivity index (χ0n) is 17.4. The zero-order chi connectivity index (χ0) is 21.4. The number of carbonyl (C=O) groups excluding carboxylic acids is 1. The molecule has 158 valence electrons. The van der Waals surface area contributed by atoms with E-state index >= 15 is 0 Å². The second-order valence-corrected chi connectivity index (χ2v) is 8.20. The van der Waals surface area contributed by atoms with Crippen molar-refractivity contribution in [3.05, 3.63) is 81.5 Å². The number of likely N-dealkylation sites (tertiary alicyclic amines) is 1. The molecule has 0 radical (unpaired) electrons. The molecule has 31 heavy (non-hydrogen) atoms. The molecular weight excluding hydrogens is 392 g/mol. The molecule has 0 bridgehead atoms. The fourth-order valence-corrected chi connectivity index (χ4v) is 4.50. The summed E-state index contributed by atoms with van der Waals surface area (Å²) in [5.74, 6) is 0.453. The predicted molar refractivity (Wildman–Crippen MR) is 116 cm³/mol. The lowest BCUT2D eigenvalue weighted by atomic mass is 9.83. The van der Waals surface area contributed by atoms with Gasteiger partial charge in [0.2, 0.25) is 0 Å². The lowest BCUT2D eigenvalue weighted by Crippen LogP contribution is -2.49. The minimum atomic E-state index is -0.517. The number of benzene rings is 1. The van der Waals surface area contributed by atoms with Crippen LogP contribution in [-0.4, -0.2) is 45.5 Å². The number of nitrogens with zero attached hydrogens (tertiary/aromatic N) is 3. The highest BCUT2D eigenvalue weighted by atomic mass is 16.5. The fourth-order valence-electron chi connectivity index (χ4n) is 4.50. The predicted octanol–water partition coefficient (Wildman–Crippen LogP) is 2.84. The SMILES string of the molecule is Cc1ccc(C(=O)N2CCC3(CC2)OCCc2cnc(-c4ccccc4)nc23)c(=O)[nH]1. The Morgan fingerprint density at radius 3 is 2.65 bits per heavy atom. The lowest BCUT2D eigenvalue weighted by Gasteiger charge is -2.44. The van der Waals surface area contributed by atoms with Crippen molar-refractivity contribution < 1.29 is 9.53 Å². The van der Waals surface area contributed by atoms with Crippen LogP contribution >= 0.6 is 0 Å². The van der Waals surface area contributed by atoms with Crippen LogP contribution in [0.15, 0.2) is 53.5 Å². The number of aryl methyl sites for hydroxylation is 1. The van der Waals surface area contributed by atoms with Gasteiger partial charge in [0.05, 0.1) is 12.3 Å². The summed E-state index contributed by atoms with van der Waals surface area (Å²) in [4.78, 5) is 39.1. The highest BCUT2D eigenvalue weighted by molar-refractivity contribution is 5.93. The van der Waals surface area contributed by atoms with E-state index in [0.29, 0.717) is 38.4 Å². The third-order valence-corrected chi connectivity index (χ3v) is 6.22. The number of rotatable bonds is 2. The van der Waals surface area contributed by atoms with Crippen LogP contribution in [-0.2, 0) is 16.8 Å². The molecule has 1 aromatic carbocycles. The topological polar surface area (TPSA) is 88.2 Å². The molecule has 3 aromatic rings. The molecule has 0 aliphatic carbocycles. The van der Waals surface area contributed by atoms with Gasteiger partial charge < -0.3 is 14.6 Å². The maximum absolute atomic E-state index is 12.9. The summed E-state index contributed by atoms with van der Waals surface area (Å²) < 4.78 is 6.30. The first kappa shape index (κ1) is 19.6. The van der Waals surface area contributed by atoms with Crippen LogP contribution < -0.4 is 5.56 Å². The van der Waals surface area contributed by atoms with E-state index in [1.807, 2.05) is 36.5 Å². The molecule has 7 heteroatoms. The van der Waals surface area contributed by atoms with Crippen LogP contribution in [0, 0.1) is 6.92 Å². The largest absolute Gasteiger partial charge is 0.368 e. The minimum Gasteiger partial charge on any atom is -0.368 e. The second-order valence-electron chi connectivity index (χ2n) is 8.20. The highest BCUT2D eigenvalue weighted by Crippen LogP contribution is 2.41. The Morgan fingerprint density at radius 2 is 1.90 bits per heavy atom. The molecule has 2 aromatic heterocycles. The van der Waals surface area contributed by atoms with Crippen molar-refractivity contribution in [1.82, 2.24) is 19.9 Å². The van der Waals surface area contributed by atoms with Gasteiger partial charge in [-0.2, -0.15) is 0 Å². The average Bonchev–Trinajstić information content (AvgIpc) is 2.80. The number of amides is 1. The molecule has 0 atom stereocenters. The first-order valence-corrected chi connectivity index (χ1v) is 10.6. The van der Waals surface area contributed by atoms with Crippen molar-refractivity contribution in [1.29, 1.82) is 0 Å². The van der Waals surface area contributed by atoms with Crippen LogP contribution in [0.25, 0.3) is 11.4 Å². The standard InChI is InChI=1S/C24H24N4O3/c1-16-7-8-19(22(29)26-16)23(30)28-12-10-24(11-13-28)20-18(9-14-31-24)15-25-21(27-20)17-5-3-2-4-6-17/h2-8,15H,9-14H2,1H3,(H,26,29). The van der Waals surface area contributed by atoms with Gasteiger partial charge in [-0.3, -0.25) is 9.59 Å².